The zero-order valence-electron chi connectivity index (χ0n) is 15.5. The number of carbonyl (C=O) groups excluding carboxylic acids is 1. The van der Waals surface area contributed by atoms with Crippen LogP contribution in [0.1, 0.15) is 5.56 Å². The van der Waals surface area contributed by atoms with Gasteiger partial charge in [-0.15, -0.1) is 5.10 Å². The molecule has 144 valence electrons. The number of aromatic nitrogens is 6. The highest BCUT2D eigenvalue weighted by molar-refractivity contribution is 5.79. The summed E-state index contributed by atoms with van der Waals surface area (Å²) in [4.78, 5) is 28.3. The van der Waals surface area contributed by atoms with Crippen LogP contribution in [0, 0.1) is 0 Å². The molecule has 0 unspecified atom stereocenters. The average molecular weight is 380 g/mol. The van der Waals surface area contributed by atoms with Crippen LogP contribution in [0.15, 0.2) is 47.7 Å². The molecule has 1 aliphatic heterocycles. The Morgan fingerprint density at radius 1 is 1.07 bits per heavy atom. The third-order valence-corrected chi connectivity index (χ3v) is 4.86. The Balaban J connectivity index is 1.34. The van der Waals surface area contributed by atoms with Gasteiger partial charge in [-0.25, -0.2) is 9.36 Å². The van der Waals surface area contributed by atoms with Gasteiger partial charge in [-0.2, -0.15) is 5.10 Å². The van der Waals surface area contributed by atoms with E-state index in [1.54, 1.807) is 24.0 Å². The molecule has 0 aliphatic carbocycles. The number of hydrogen-bond acceptors (Lipinski definition) is 7. The Hall–Kier alpha value is -3.56. The molecule has 0 radical (unpaired) electrons. The Bertz CT molecular complexity index is 1000. The number of nitrogens with zero attached hydrogens (tertiary/aromatic N) is 8. The van der Waals surface area contributed by atoms with Gasteiger partial charge in [0.2, 0.25) is 5.91 Å². The fourth-order valence-corrected chi connectivity index (χ4v) is 3.18. The van der Waals surface area contributed by atoms with E-state index in [0.717, 1.165) is 16.9 Å². The lowest BCUT2D eigenvalue weighted by molar-refractivity contribution is -0.130. The van der Waals surface area contributed by atoms with E-state index in [0.29, 0.717) is 32.6 Å². The first kappa shape index (κ1) is 17.8. The normalized spacial score (nSPS) is 14.3. The van der Waals surface area contributed by atoms with Gasteiger partial charge >= 0.3 is 0 Å². The fourth-order valence-electron chi connectivity index (χ4n) is 3.18. The van der Waals surface area contributed by atoms with Crippen molar-refractivity contribution in [3.63, 3.8) is 0 Å². The summed E-state index contributed by atoms with van der Waals surface area (Å²) in [6.45, 7) is 2.60. The SMILES string of the molecule is Cn1ncc(N2CCN(C(=O)Cc3ccc(-n4cnnn4)cc3)CC2)cc1=O. The number of amides is 1. The first-order valence-electron chi connectivity index (χ1n) is 8.98. The predicted molar refractivity (Wildman–Crippen MR) is 101 cm³/mol. The lowest BCUT2D eigenvalue weighted by atomic mass is 10.1. The Kier molecular flexibility index (Phi) is 4.83. The molecule has 0 N–H and O–H groups in total. The van der Waals surface area contributed by atoms with E-state index in [4.69, 9.17) is 0 Å². The number of rotatable bonds is 4. The van der Waals surface area contributed by atoms with Gasteiger partial charge in [0.25, 0.3) is 5.56 Å². The van der Waals surface area contributed by atoms with Gasteiger partial charge in [-0.05, 0) is 28.1 Å². The highest BCUT2D eigenvalue weighted by atomic mass is 16.2. The summed E-state index contributed by atoms with van der Waals surface area (Å²) in [5.74, 6) is 0.0944. The van der Waals surface area contributed by atoms with Crippen molar-refractivity contribution in [3.05, 3.63) is 58.8 Å². The lowest BCUT2D eigenvalue weighted by Gasteiger charge is -2.36. The maximum atomic E-state index is 12.6. The summed E-state index contributed by atoms with van der Waals surface area (Å²) in [5.41, 5.74) is 2.45. The maximum Gasteiger partial charge on any atom is 0.268 e. The molecule has 3 heterocycles. The largest absolute Gasteiger partial charge is 0.367 e. The second-order valence-electron chi connectivity index (χ2n) is 6.64. The van der Waals surface area contributed by atoms with Crippen LogP contribution in [0.3, 0.4) is 0 Å². The molecule has 1 fully saturated rings. The van der Waals surface area contributed by atoms with Crippen molar-refractivity contribution in [1.29, 1.82) is 0 Å². The summed E-state index contributed by atoms with van der Waals surface area (Å²) in [5, 5.41) is 15.1. The molecular weight excluding hydrogens is 360 g/mol. The first-order chi connectivity index (χ1) is 13.6. The minimum Gasteiger partial charge on any atom is -0.367 e. The molecule has 0 spiro atoms. The smallest absolute Gasteiger partial charge is 0.268 e. The van der Waals surface area contributed by atoms with E-state index in [1.165, 1.54) is 11.0 Å². The van der Waals surface area contributed by atoms with E-state index >= 15 is 0 Å². The van der Waals surface area contributed by atoms with Crippen molar-refractivity contribution in [2.24, 2.45) is 7.05 Å². The molecule has 3 aromatic rings. The van der Waals surface area contributed by atoms with Gasteiger partial charge in [0.15, 0.2) is 0 Å². The molecule has 0 saturated carbocycles. The molecule has 10 nitrogen and oxygen atoms in total. The zero-order valence-corrected chi connectivity index (χ0v) is 15.5. The van der Waals surface area contributed by atoms with Gasteiger partial charge in [0.05, 0.1) is 24.0 Å². The van der Waals surface area contributed by atoms with Crippen LogP contribution in [-0.4, -0.2) is 67.0 Å². The number of carbonyl (C=O) groups is 1. The zero-order chi connectivity index (χ0) is 19.5. The second kappa shape index (κ2) is 7.59. The molecule has 4 rings (SSSR count). The van der Waals surface area contributed by atoms with Crippen LogP contribution < -0.4 is 10.5 Å². The molecule has 1 aromatic carbocycles. The number of benzene rings is 1. The third-order valence-electron chi connectivity index (χ3n) is 4.86. The van der Waals surface area contributed by atoms with Crippen LogP contribution in [0.25, 0.3) is 5.69 Å². The van der Waals surface area contributed by atoms with Gasteiger partial charge in [-0.3, -0.25) is 9.59 Å². The maximum absolute atomic E-state index is 12.6. The lowest BCUT2D eigenvalue weighted by Crippen LogP contribution is -2.49. The summed E-state index contributed by atoms with van der Waals surface area (Å²) in [7, 11) is 1.62. The molecule has 0 bridgehead atoms. The Labute approximate surface area is 161 Å². The summed E-state index contributed by atoms with van der Waals surface area (Å²) < 4.78 is 2.87. The molecular formula is C18H20N8O2. The monoisotopic (exact) mass is 380 g/mol. The van der Waals surface area contributed by atoms with E-state index < -0.39 is 0 Å². The van der Waals surface area contributed by atoms with Crippen LogP contribution >= 0.6 is 0 Å². The van der Waals surface area contributed by atoms with E-state index in [2.05, 4.69) is 25.5 Å². The van der Waals surface area contributed by atoms with Gasteiger partial charge in [0, 0.05) is 39.3 Å². The van der Waals surface area contributed by atoms with E-state index in [1.807, 2.05) is 29.2 Å². The topological polar surface area (TPSA) is 102 Å². The van der Waals surface area contributed by atoms with Gasteiger partial charge in [0.1, 0.15) is 6.33 Å². The number of piperazine rings is 1. The van der Waals surface area contributed by atoms with Crippen LogP contribution in [0.4, 0.5) is 5.69 Å². The van der Waals surface area contributed by atoms with E-state index in [9.17, 15) is 9.59 Å². The quantitative estimate of drug-likeness (QED) is 0.609. The summed E-state index contributed by atoms with van der Waals surface area (Å²) in [6.07, 6.45) is 3.56. The summed E-state index contributed by atoms with van der Waals surface area (Å²) in [6, 6.07) is 9.18. The number of tetrazole rings is 1. The Morgan fingerprint density at radius 2 is 1.82 bits per heavy atom. The van der Waals surface area contributed by atoms with Crippen LogP contribution in [0.2, 0.25) is 0 Å². The molecule has 28 heavy (non-hydrogen) atoms. The molecule has 10 heteroatoms. The standard InChI is InChI=1S/C18H20N8O2/c1-23-17(27)11-16(12-20-23)24-6-8-25(9-7-24)18(28)10-14-2-4-15(5-3-14)26-13-19-21-22-26/h2-5,11-13H,6-10H2,1H3. The minimum atomic E-state index is -0.138. The average Bonchev–Trinajstić information content (AvgIpc) is 3.26. The van der Waals surface area contributed by atoms with Gasteiger partial charge < -0.3 is 9.80 Å². The molecule has 1 aliphatic rings. The first-order valence-corrected chi connectivity index (χ1v) is 8.98. The number of aryl methyl sites for hydroxylation is 1. The van der Waals surface area contributed by atoms with E-state index in [-0.39, 0.29) is 11.5 Å². The fraction of sp³-hybridized carbons (Fsp3) is 0.333. The Morgan fingerprint density at radius 3 is 2.46 bits per heavy atom. The van der Waals surface area contributed by atoms with Crippen molar-refractivity contribution >= 4 is 11.6 Å². The van der Waals surface area contributed by atoms with Crippen molar-refractivity contribution in [3.8, 4) is 5.69 Å². The predicted octanol–water partition coefficient (Wildman–Crippen LogP) is -0.353. The van der Waals surface area contributed by atoms with Crippen LogP contribution in [-0.2, 0) is 18.3 Å². The van der Waals surface area contributed by atoms with Crippen LogP contribution in [0.5, 0.6) is 0 Å². The highest BCUT2D eigenvalue weighted by Crippen LogP contribution is 2.14. The molecule has 1 amide bonds. The molecule has 0 atom stereocenters. The molecule has 1 saturated heterocycles. The van der Waals surface area contributed by atoms with Crippen molar-refractivity contribution in [2.75, 3.05) is 31.1 Å². The summed E-state index contributed by atoms with van der Waals surface area (Å²) >= 11 is 0. The highest BCUT2D eigenvalue weighted by Gasteiger charge is 2.22. The number of hydrogen-bond donors (Lipinski definition) is 0. The molecule has 2 aromatic heterocycles. The minimum absolute atomic E-state index is 0.0944. The van der Waals surface area contributed by atoms with Crippen molar-refractivity contribution in [1.82, 2.24) is 34.9 Å². The van der Waals surface area contributed by atoms with Gasteiger partial charge in [-0.1, -0.05) is 12.1 Å². The number of anilines is 1. The van der Waals surface area contributed by atoms with Crippen molar-refractivity contribution in [2.45, 2.75) is 6.42 Å². The third kappa shape index (κ3) is 3.75. The second-order valence-corrected chi connectivity index (χ2v) is 6.64. The van der Waals surface area contributed by atoms with Crippen molar-refractivity contribution < 1.29 is 4.79 Å².